The Morgan fingerprint density at radius 1 is 1.83 bits per heavy atom. The van der Waals surface area contributed by atoms with Crippen LogP contribution in [0, 0.1) is 0 Å². The molecule has 0 atom stereocenters. The summed E-state index contributed by atoms with van der Waals surface area (Å²) < 4.78 is 4.20. The van der Waals surface area contributed by atoms with E-state index in [1.165, 1.54) is 13.2 Å². The first-order chi connectivity index (χ1) is 2.81. The molecule has 0 rings (SSSR count). The van der Waals surface area contributed by atoms with Gasteiger partial charge in [-0.1, -0.05) is 6.08 Å². The maximum atomic E-state index is 9.90. The van der Waals surface area contributed by atoms with Gasteiger partial charge in [0.05, 0.1) is 0 Å². The van der Waals surface area contributed by atoms with Crippen LogP contribution < -0.4 is 5.11 Å². The van der Waals surface area contributed by atoms with Crippen molar-refractivity contribution in [2.45, 2.75) is 6.92 Å². The molecule has 0 unspecified atom stereocenters. The maximum Gasteiger partial charge on any atom is 0.0465 e. The molecule has 0 spiro atoms. The number of rotatable bonds is 1. The van der Waals surface area contributed by atoms with Crippen molar-refractivity contribution in [3.63, 3.8) is 0 Å². The van der Waals surface area contributed by atoms with Crippen LogP contribution in [0.1, 0.15) is 6.92 Å². The molecule has 0 aromatic heterocycles. The largest absolute Gasteiger partial charge is 0.617 e. The maximum absolute atomic E-state index is 9.90. The van der Waals surface area contributed by atoms with E-state index in [1.807, 2.05) is 0 Å². The Bertz CT molecular complexity index is 56.6. The molecule has 2 heteroatoms. The van der Waals surface area contributed by atoms with Crippen molar-refractivity contribution in [1.82, 2.24) is 0 Å². The van der Waals surface area contributed by atoms with Gasteiger partial charge >= 0.3 is 0 Å². The first-order valence-electron chi connectivity index (χ1n) is 1.68. The smallest absolute Gasteiger partial charge is 0.0465 e. The molecule has 0 saturated carbocycles. The van der Waals surface area contributed by atoms with Crippen LogP contribution in [0.4, 0.5) is 0 Å². The fourth-order valence-corrected chi connectivity index (χ4v) is 0.118. The minimum absolute atomic E-state index is 0.282. The normalized spacial score (nSPS) is 11.3. The highest BCUT2D eigenvalue weighted by Crippen LogP contribution is 1.76. The second-order valence-electron chi connectivity index (χ2n) is 0.812. The SMILES string of the molecule is C/C=C(\[O-])OC. The summed E-state index contributed by atoms with van der Waals surface area (Å²) in [6.45, 7) is 1.63. The first-order valence-corrected chi connectivity index (χ1v) is 1.68. The van der Waals surface area contributed by atoms with Gasteiger partial charge in [0.1, 0.15) is 0 Å². The minimum atomic E-state index is -0.282. The molecular formula is C4H7O2-. The van der Waals surface area contributed by atoms with Gasteiger partial charge in [-0.25, -0.2) is 0 Å². The number of methoxy groups -OCH3 is 1. The van der Waals surface area contributed by atoms with Crippen LogP contribution in [0.2, 0.25) is 0 Å². The first kappa shape index (κ1) is 5.34. The Balaban J connectivity index is 3.22. The summed E-state index contributed by atoms with van der Waals surface area (Å²) in [5.41, 5.74) is 0. The lowest BCUT2D eigenvalue weighted by molar-refractivity contribution is -0.353. The third kappa shape index (κ3) is 1.64. The van der Waals surface area contributed by atoms with Gasteiger partial charge in [-0.05, 0) is 14.0 Å². The molecule has 0 bridgehead atoms. The molecule has 0 amide bonds. The van der Waals surface area contributed by atoms with E-state index in [0.29, 0.717) is 0 Å². The number of ether oxygens (including phenoxy) is 1. The van der Waals surface area contributed by atoms with E-state index < -0.39 is 0 Å². The zero-order chi connectivity index (χ0) is 4.99. The molecule has 0 saturated heterocycles. The summed E-state index contributed by atoms with van der Waals surface area (Å²) in [5.74, 6) is -0.282. The predicted molar refractivity (Wildman–Crippen MR) is 20.8 cm³/mol. The third-order valence-corrected chi connectivity index (χ3v) is 0.437. The molecule has 0 fully saturated rings. The molecule has 0 N–H and O–H groups in total. The summed E-state index contributed by atoms with van der Waals surface area (Å²) in [7, 11) is 1.35. The van der Waals surface area contributed by atoms with Crippen LogP contribution in [0.5, 0.6) is 0 Å². The van der Waals surface area contributed by atoms with Crippen molar-refractivity contribution >= 4 is 0 Å². The summed E-state index contributed by atoms with van der Waals surface area (Å²) >= 11 is 0. The number of hydrogen-bond donors (Lipinski definition) is 0. The second-order valence-corrected chi connectivity index (χ2v) is 0.812. The standard InChI is InChI=1S/C4H8O2/c1-3-4(5)6-2/h3,5H,1-2H3/p-1/b4-3+. The van der Waals surface area contributed by atoms with E-state index in [2.05, 4.69) is 4.74 Å². The highest BCUT2D eigenvalue weighted by molar-refractivity contribution is 4.72. The average Bonchev–Trinajstić information content (AvgIpc) is 1.65. The molecule has 0 aliphatic carbocycles. The Labute approximate surface area is 37.1 Å². The van der Waals surface area contributed by atoms with Gasteiger partial charge in [0, 0.05) is 5.95 Å². The van der Waals surface area contributed by atoms with Crippen molar-refractivity contribution in [2.75, 3.05) is 7.11 Å². The van der Waals surface area contributed by atoms with E-state index in [4.69, 9.17) is 0 Å². The van der Waals surface area contributed by atoms with Crippen molar-refractivity contribution in [3.8, 4) is 0 Å². The quantitative estimate of drug-likeness (QED) is 0.417. The predicted octanol–water partition coefficient (Wildman–Crippen LogP) is -0.146. The van der Waals surface area contributed by atoms with E-state index in [0.717, 1.165) is 0 Å². The number of allylic oxidation sites excluding steroid dienone is 1. The van der Waals surface area contributed by atoms with Crippen molar-refractivity contribution in [3.05, 3.63) is 12.0 Å². The van der Waals surface area contributed by atoms with E-state index in [-0.39, 0.29) is 5.95 Å². The van der Waals surface area contributed by atoms with Gasteiger partial charge in [0.25, 0.3) is 0 Å². The Kier molecular flexibility index (Phi) is 2.29. The molecular weight excluding hydrogens is 80.0 g/mol. The third-order valence-electron chi connectivity index (χ3n) is 0.437. The van der Waals surface area contributed by atoms with Gasteiger partial charge in [0.15, 0.2) is 0 Å². The van der Waals surface area contributed by atoms with Crippen molar-refractivity contribution in [1.29, 1.82) is 0 Å². The van der Waals surface area contributed by atoms with Crippen LogP contribution in [-0.2, 0) is 4.74 Å². The van der Waals surface area contributed by atoms with Crippen LogP contribution >= 0.6 is 0 Å². The Morgan fingerprint density at radius 3 is 2.33 bits per heavy atom. The van der Waals surface area contributed by atoms with Gasteiger partial charge < -0.3 is 9.84 Å². The van der Waals surface area contributed by atoms with Crippen LogP contribution in [0.25, 0.3) is 0 Å². The molecule has 0 aromatic rings. The van der Waals surface area contributed by atoms with E-state index in [9.17, 15) is 5.11 Å². The molecule has 2 nitrogen and oxygen atoms in total. The van der Waals surface area contributed by atoms with Crippen LogP contribution in [0.15, 0.2) is 12.0 Å². The van der Waals surface area contributed by atoms with E-state index >= 15 is 0 Å². The van der Waals surface area contributed by atoms with Crippen LogP contribution in [-0.4, -0.2) is 7.11 Å². The second kappa shape index (κ2) is 2.57. The van der Waals surface area contributed by atoms with Gasteiger partial charge in [-0.15, -0.1) is 0 Å². The monoisotopic (exact) mass is 87.0 g/mol. The summed E-state index contributed by atoms with van der Waals surface area (Å²) in [5, 5.41) is 9.90. The molecule has 0 radical (unpaired) electrons. The minimum Gasteiger partial charge on any atom is -0.617 e. The summed E-state index contributed by atoms with van der Waals surface area (Å²) in [6, 6.07) is 0. The fraction of sp³-hybridized carbons (Fsp3) is 0.500. The highest BCUT2D eigenvalue weighted by atomic mass is 16.6. The summed E-state index contributed by atoms with van der Waals surface area (Å²) in [4.78, 5) is 0. The van der Waals surface area contributed by atoms with Gasteiger partial charge in [-0.3, -0.25) is 0 Å². The van der Waals surface area contributed by atoms with Crippen LogP contribution in [0.3, 0.4) is 0 Å². The lowest BCUT2D eigenvalue weighted by Crippen LogP contribution is -2.03. The Hall–Kier alpha value is -0.660. The van der Waals surface area contributed by atoms with Gasteiger partial charge in [0.2, 0.25) is 0 Å². The van der Waals surface area contributed by atoms with Crippen molar-refractivity contribution < 1.29 is 9.84 Å². The molecule has 36 valence electrons. The molecule has 0 aliphatic heterocycles. The molecule has 6 heavy (non-hydrogen) atoms. The van der Waals surface area contributed by atoms with Gasteiger partial charge in [-0.2, -0.15) is 0 Å². The fourth-order valence-electron chi connectivity index (χ4n) is 0.118. The lowest BCUT2D eigenvalue weighted by atomic mass is 10.7. The summed E-state index contributed by atoms with van der Waals surface area (Å²) in [6.07, 6.45) is 1.36. The Morgan fingerprint density at radius 2 is 2.33 bits per heavy atom. The average molecular weight is 87.1 g/mol. The van der Waals surface area contributed by atoms with E-state index in [1.54, 1.807) is 6.92 Å². The zero-order valence-electron chi connectivity index (χ0n) is 3.89. The molecule has 0 aromatic carbocycles. The molecule has 0 heterocycles. The highest BCUT2D eigenvalue weighted by Gasteiger charge is 1.61. The topological polar surface area (TPSA) is 32.3 Å². The lowest BCUT2D eigenvalue weighted by Gasteiger charge is -2.04. The molecule has 0 aliphatic rings. The number of hydrogen-bond acceptors (Lipinski definition) is 2. The van der Waals surface area contributed by atoms with Crippen molar-refractivity contribution in [2.24, 2.45) is 0 Å². The zero-order valence-corrected chi connectivity index (χ0v) is 3.89.